The number of hydrogen-bond acceptors (Lipinski definition) is 3. The van der Waals surface area contributed by atoms with Crippen LogP contribution in [0.3, 0.4) is 0 Å². The van der Waals surface area contributed by atoms with Gasteiger partial charge >= 0.3 is 0 Å². The zero-order valence-electron chi connectivity index (χ0n) is 7.00. The summed E-state index contributed by atoms with van der Waals surface area (Å²) in [6, 6.07) is 3.77. The van der Waals surface area contributed by atoms with Crippen LogP contribution in [-0.2, 0) is 0 Å². The second-order valence-corrected chi connectivity index (χ2v) is 2.71. The third-order valence-corrected chi connectivity index (χ3v) is 1.75. The van der Waals surface area contributed by atoms with Gasteiger partial charge in [-0.3, -0.25) is 0 Å². The maximum absolute atomic E-state index is 5.36. The van der Waals surface area contributed by atoms with E-state index >= 15 is 0 Å². The Morgan fingerprint density at radius 1 is 1.33 bits per heavy atom. The average molecular weight is 163 g/mol. The molecule has 2 aromatic heterocycles. The van der Waals surface area contributed by atoms with Gasteiger partial charge in [-0.25, -0.2) is 0 Å². The van der Waals surface area contributed by atoms with Crippen molar-refractivity contribution in [3.63, 3.8) is 0 Å². The van der Waals surface area contributed by atoms with Crippen molar-refractivity contribution in [3.8, 4) is 11.3 Å². The van der Waals surface area contributed by atoms with Gasteiger partial charge in [-0.1, -0.05) is 5.16 Å². The number of aryl methyl sites for hydroxylation is 2. The Balaban J connectivity index is 2.54. The molecule has 0 atom stereocenters. The summed E-state index contributed by atoms with van der Waals surface area (Å²) >= 11 is 0. The Kier molecular flexibility index (Phi) is 1.50. The van der Waals surface area contributed by atoms with Crippen molar-refractivity contribution in [2.75, 3.05) is 0 Å². The number of hydrogen-bond donors (Lipinski definition) is 0. The van der Waals surface area contributed by atoms with E-state index in [0.717, 1.165) is 22.8 Å². The summed E-state index contributed by atoms with van der Waals surface area (Å²) in [7, 11) is 0. The van der Waals surface area contributed by atoms with Gasteiger partial charge in [0.05, 0.1) is 0 Å². The van der Waals surface area contributed by atoms with E-state index in [0.29, 0.717) is 0 Å². The predicted molar refractivity (Wildman–Crippen MR) is 43.7 cm³/mol. The average Bonchev–Trinajstić information content (AvgIpc) is 2.58. The first kappa shape index (κ1) is 7.16. The highest BCUT2D eigenvalue weighted by Gasteiger charge is 2.08. The Morgan fingerprint density at radius 2 is 2.17 bits per heavy atom. The van der Waals surface area contributed by atoms with E-state index in [9.17, 15) is 0 Å². The summed E-state index contributed by atoms with van der Waals surface area (Å²) in [5.41, 5.74) is 1.82. The number of furan rings is 1. The highest BCUT2D eigenvalue weighted by atomic mass is 16.5. The molecule has 3 heteroatoms. The fourth-order valence-corrected chi connectivity index (χ4v) is 1.24. The number of rotatable bonds is 1. The SMILES string of the molecule is Cc1cc(-c2ccon2)c(C)o1. The normalized spacial score (nSPS) is 10.5. The summed E-state index contributed by atoms with van der Waals surface area (Å²) in [6.07, 6.45) is 1.55. The quantitative estimate of drug-likeness (QED) is 0.648. The standard InChI is InChI=1S/C9H9NO2/c1-6-5-8(7(2)12-6)9-3-4-11-10-9/h3-5H,1-2H3. The molecule has 0 saturated heterocycles. The summed E-state index contributed by atoms with van der Waals surface area (Å²) < 4.78 is 10.1. The van der Waals surface area contributed by atoms with Crippen molar-refractivity contribution >= 4 is 0 Å². The van der Waals surface area contributed by atoms with Crippen LogP contribution in [0.2, 0.25) is 0 Å². The van der Waals surface area contributed by atoms with E-state index in [4.69, 9.17) is 8.94 Å². The minimum atomic E-state index is 0.823. The predicted octanol–water partition coefficient (Wildman–Crippen LogP) is 2.55. The van der Waals surface area contributed by atoms with Crippen molar-refractivity contribution in [3.05, 3.63) is 29.9 Å². The van der Waals surface area contributed by atoms with Crippen LogP contribution >= 0.6 is 0 Å². The van der Waals surface area contributed by atoms with Gasteiger partial charge < -0.3 is 8.94 Å². The zero-order valence-corrected chi connectivity index (χ0v) is 7.00. The van der Waals surface area contributed by atoms with E-state index in [-0.39, 0.29) is 0 Å². The lowest BCUT2D eigenvalue weighted by molar-refractivity contribution is 0.422. The fraction of sp³-hybridized carbons (Fsp3) is 0.222. The van der Waals surface area contributed by atoms with Crippen molar-refractivity contribution < 1.29 is 8.94 Å². The van der Waals surface area contributed by atoms with Crippen molar-refractivity contribution in [2.24, 2.45) is 0 Å². The van der Waals surface area contributed by atoms with Gasteiger partial charge in [0.25, 0.3) is 0 Å². The van der Waals surface area contributed by atoms with Crippen LogP contribution in [0, 0.1) is 13.8 Å². The minimum absolute atomic E-state index is 0.823. The fourth-order valence-electron chi connectivity index (χ4n) is 1.24. The molecule has 0 aliphatic heterocycles. The summed E-state index contributed by atoms with van der Waals surface area (Å²) in [5, 5.41) is 3.83. The van der Waals surface area contributed by atoms with E-state index in [1.54, 1.807) is 6.26 Å². The first-order chi connectivity index (χ1) is 5.77. The molecule has 0 radical (unpaired) electrons. The van der Waals surface area contributed by atoms with E-state index in [1.165, 1.54) is 0 Å². The zero-order chi connectivity index (χ0) is 8.55. The maximum Gasteiger partial charge on any atom is 0.124 e. The molecule has 0 aliphatic carbocycles. The third-order valence-electron chi connectivity index (χ3n) is 1.75. The molecule has 0 aromatic carbocycles. The molecule has 0 spiro atoms. The van der Waals surface area contributed by atoms with Crippen LogP contribution in [0.5, 0.6) is 0 Å². The lowest BCUT2D eigenvalue weighted by atomic mass is 10.2. The molecule has 2 aromatic rings. The molecule has 0 unspecified atom stereocenters. The molecule has 0 saturated carbocycles. The Morgan fingerprint density at radius 3 is 2.67 bits per heavy atom. The van der Waals surface area contributed by atoms with E-state index in [2.05, 4.69) is 5.16 Å². The topological polar surface area (TPSA) is 39.2 Å². The van der Waals surface area contributed by atoms with E-state index < -0.39 is 0 Å². The Hall–Kier alpha value is -1.51. The first-order valence-electron chi connectivity index (χ1n) is 3.75. The molecule has 0 aliphatic rings. The van der Waals surface area contributed by atoms with Crippen LogP contribution in [0.15, 0.2) is 27.3 Å². The van der Waals surface area contributed by atoms with Gasteiger partial charge in [-0.2, -0.15) is 0 Å². The lowest BCUT2D eigenvalue weighted by Crippen LogP contribution is -1.74. The molecule has 12 heavy (non-hydrogen) atoms. The molecule has 62 valence electrons. The molecular weight excluding hydrogens is 154 g/mol. The van der Waals surface area contributed by atoms with Crippen molar-refractivity contribution in [1.29, 1.82) is 0 Å². The van der Waals surface area contributed by atoms with Crippen molar-refractivity contribution in [1.82, 2.24) is 5.16 Å². The van der Waals surface area contributed by atoms with Crippen LogP contribution in [0.4, 0.5) is 0 Å². The summed E-state index contributed by atoms with van der Waals surface area (Å²) in [4.78, 5) is 0. The van der Waals surface area contributed by atoms with Gasteiger partial charge in [0.2, 0.25) is 0 Å². The molecule has 0 fully saturated rings. The van der Waals surface area contributed by atoms with Crippen LogP contribution in [-0.4, -0.2) is 5.16 Å². The van der Waals surface area contributed by atoms with Gasteiger partial charge in [0.15, 0.2) is 0 Å². The number of nitrogens with zero attached hydrogens (tertiary/aromatic N) is 1. The van der Waals surface area contributed by atoms with Crippen LogP contribution in [0.1, 0.15) is 11.5 Å². The highest BCUT2D eigenvalue weighted by Crippen LogP contribution is 2.24. The minimum Gasteiger partial charge on any atom is -0.466 e. The molecule has 0 bridgehead atoms. The summed E-state index contributed by atoms with van der Waals surface area (Å²) in [6.45, 7) is 3.83. The maximum atomic E-state index is 5.36. The van der Waals surface area contributed by atoms with Crippen molar-refractivity contribution in [2.45, 2.75) is 13.8 Å². The summed E-state index contributed by atoms with van der Waals surface area (Å²) in [5.74, 6) is 1.77. The molecule has 0 N–H and O–H groups in total. The highest BCUT2D eigenvalue weighted by molar-refractivity contribution is 5.60. The molecule has 0 amide bonds. The Bertz CT molecular complexity index is 373. The van der Waals surface area contributed by atoms with E-state index in [1.807, 2.05) is 26.0 Å². The first-order valence-corrected chi connectivity index (χ1v) is 3.75. The van der Waals surface area contributed by atoms with Crippen LogP contribution in [0.25, 0.3) is 11.3 Å². The smallest absolute Gasteiger partial charge is 0.124 e. The Labute approximate surface area is 70.0 Å². The second kappa shape index (κ2) is 2.52. The van der Waals surface area contributed by atoms with Crippen LogP contribution < -0.4 is 0 Å². The van der Waals surface area contributed by atoms with Gasteiger partial charge in [0, 0.05) is 11.6 Å². The molecular formula is C9H9NO2. The van der Waals surface area contributed by atoms with Gasteiger partial charge in [-0.05, 0) is 19.9 Å². The van der Waals surface area contributed by atoms with Gasteiger partial charge in [0.1, 0.15) is 23.5 Å². The largest absolute Gasteiger partial charge is 0.466 e. The number of aromatic nitrogens is 1. The van der Waals surface area contributed by atoms with Gasteiger partial charge in [-0.15, -0.1) is 0 Å². The molecule has 3 nitrogen and oxygen atoms in total. The molecule has 2 heterocycles. The second-order valence-electron chi connectivity index (χ2n) is 2.71. The lowest BCUT2D eigenvalue weighted by Gasteiger charge is -1.87. The third kappa shape index (κ3) is 1.03. The molecule has 2 rings (SSSR count). The monoisotopic (exact) mass is 163 g/mol.